The molecule has 0 saturated carbocycles. The third-order valence-corrected chi connectivity index (χ3v) is 3.62. The molecule has 0 saturated heterocycles. The van der Waals surface area contributed by atoms with E-state index in [0.29, 0.717) is 16.9 Å². The van der Waals surface area contributed by atoms with Gasteiger partial charge in [0.1, 0.15) is 11.7 Å². The summed E-state index contributed by atoms with van der Waals surface area (Å²) in [5.74, 6) is -0.516. The maximum atomic E-state index is 11.7. The predicted octanol–water partition coefficient (Wildman–Crippen LogP) is 3.03. The Labute approximate surface area is 118 Å². The lowest BCUT2D eigenvalue weighted by molar-refractivity contribution is -0.570. The number of allylic oxidation sites excluding steroid dienone is 1. The molecular formula is C13H12BrNO4. The zero-order valence-corrected chi connectivity index (χ0v) is 12.0. The van der Waals surface area contributed by atoms with Gasteiger partial charge in [-0.05, 0) is 31.5 Å². The summed E-state index contributed by atoms with van der Waals surface area (Å²) in [6.45, 7) is 2.99. The third-order valence-electron chi connectivity index (χ3n) is 3.09. The van der Waals surface area contributed by atoms with Crippen molar-refractivity contribution < 1.29 is 14.5 Å². The second kappa shape index (κ2) is 5.13. The highest BCUT2D eigenvalue weighted by Gasteiger charge is 2.45. The van der Waals surface area contributed by atoms with E-state index in [2.05, 4.69) is 15.9 Å². The normalized spacial score (nSPS) is 22.3. The molecule has 0 N–H and O–H groups in total. The van der Waals surface area contributed by atoms with Crippen LogP contribution in [-0.4, -0.2) is 16.9 Å². The van der Waals surface area contributed by atoms with Crippen molar-refractivity contribution in [2.24, 2.45) is 0 Å². The summed E-state index contributed by atoms with van der Waals surface area (Å²) in [4.78, 5) is 22.3. The Morgan fingerprint density at radius 2 is 1.95 bits per heavy atom. The van der Waals surface area contributed by atoms with Crippen molar-refractivity contribution in [3.63, 3.8) is 0 Å². The first-order valence-corrected chi connectivity index (χ1v) is 6.48. The summed E-state index contributed by atoms with van der Waals surface area (Å²) < 4.78 is 6.11. The van der Waals surface area contributed by atoms with Crippen molar-refractivity contribution >= 4 is 21.7 Å². The summed E-state index contributed by atoms with van der Waals surface area (Å²) in [5.41, 5.74) is 1.08. The fourth-order valence-electron chi connectivity index (χ4n) is 2.31. The minimum Gasteiger partial charge on any atom is -0.434 e. The summed E-state index contributed by atoms with van der Waals surface area (Å²) in [6.07, 6.45) is -1.24. The molecule has 1 aliphatic heterocycles. The Hall–Kier alpha value is -1.69. The molecule has 1 aliphatic rings. The maximum Gasteiger partial charge on any atom is 0.364 e. The number of hydrogen-bond donors (Lipinski definition) is 0. The van der Waals surface area contributed by atoms with Gasteiger partial charge in [0.15, 0.2) is 5.78 Å². The van der Waals surface area contributed by atoms with Gasteiger partial charge in [0, 0.05) is 4.47 Å². The predicted molar refractivity (Wildman–Crippen MR) is 72.1 cm³/mol. The lowest BCUT2D eigenvalue weighted by Crippen LogP contribution is -2.27. The molecule has 5 nitrogen and oxygen atoms in total. The zero-order valence-electron chi connectivity index (χ0n) is 10.4. The number of Topliss-reactive ketones (excluding diaryl/α,β-unsaturated/α-hetero) is 1. The molecule has 0 aliphatic carbocycles. The van der Waals surface area contributed by atoms with Crippen molar-refractivity contribution in [2.75, 3.05) is 0 Å². The smallest absolute Gasteiger partial charge is 0.364 e. The van der Waals surface area contributed by atoms with Crippen LogP contribution < -0.4 is 0 Å². The van der Waals surface area contributed by atoms with Gasteiger partial charge in [-0.2, -0.15) is 0 Å². The standard InChI is InChI=1S/C13H12BrNO4/c1-7(16)11-8(2)19-13(15(17)18)12(11)9-3-5-10(14)6-4-9/h3-6,12-13H,1-2H3. The fourth-order valence-corrected chi connectivity index (χ4v) is 2.57. The first-order valence-electron chi connectivity index (χ1n) is 5.69. The van der Waals surface area contributed by atoms with E-state index in [9.17, 15) is 14.9 Å². The van der Waals surface area contributed by atoms with Crippen LogP contribution in [0.25, 0.3) is 0 Å². The minimum atomic E-state index is -1.24. The second-order valence-electron chi connectivity index (χ2n) is 4.35. The van der Waals surface area contributed by atoms with E-state index in [1.54, 1.807) is 31.2 Å². The molecule has 0 radical (unpaired) electrons. The Kier molecular flexibility index (Phi) is 3.71. The number of ether oxygens (including phenoxy) is 1. The topological polar surface area (TPSA) is 69.4 Å². The van der Waals surface area contributed by atoms with Crippen molar-refractivity contribution in [1.29, 1.82) is 0 Å². The average molecular weight is 326 g/mol. The summed E-state index contributed by atoms with van der Waals surface area (Å²) in [6, 6.07) is 7.10. The molecule has 1 heterocycles. The first kappa shape index (κ1) is 13.7. The quantitative estimate of drug-likeness (QED) is 0.632. The number of hydrogen-bond acceptors (Lipinski definition) is 4. The third kappa shape index (κ3) is 2.53. The number of rotatable bonds is 3. The molecule has 0 amide bonds. The molecule has 2 rings (SSSR count). The zero-order chi connectivity index (χ0) is 14.2. The van der Waals surface area contributed by atoms with Crippen LogP contribution >= 0.6 is 15.9 Å². The first-order chi connectivity index (χ1) is 8.91. The molecule has 6 heteroatoms. The maximum absolute atomic E-state index is 11.7. The van der Waals surface area contributed by atoms with E-state index < -0.39 is 17.1 Å². The molecule has 0 spiro atoms. The monoisotopic (exact) mass is 325 g/mol. The molecular weight excluding hydrogens is 314 g/mol. The highest BCUT2D eigenvalue weighted by Crippen LogP contribution is 2.39. The number of halogens is 1. The van der Waals surface area contributed by atoms with E-state index in [0.717, 1.165) is 4.47 Å². The number of ketones is 1. The number of nitrogens with zero attached hydrogens (tertiary/aromatic N) is 1. The van der Waals surface area contributed by atoms with Gasteiger partial charge in [-0.15, -0.1) is 0 Å². The van der Waals surface area contributed by atoms with Crippen molar-refractivity contribution in [3.8, 4) is 0 Å². The van der Waals surface area contributed by atoms with E-state index >= 15 is 0 Å². The Bertz CT molecular complexity index is 565. The van der Waals surface area contributed by atoms with Crippen LogP contribution in [-0.2, 0) is 9.53 Å². The van der Waals surface area contributed by atoms with Gasteiger partial charge in [-0.25, -0.2) is 0 Å². The summed E-state index contributed by atoms with van der Waals surface area (Å²) >= 11 is 3.31. The van der Waals surface area contributed by atoms with Crippen LogP contribution in [0.4, 0.5) is 0 Å². The van der Waals surface area contributed by atoms with Crippen LogP contribution in [0.3, 0.4) is 0 Å². The van der Waals surface area contributed by atoms with Crippen molar-refractivity contribution in [1.82, 2.24) is 0 Å². The van der Waals surface area contributed by atoms with Crippen molar-refractivity contribution in [3.05, 3.63) is 55.7 Å². The minimum absolute atomic E-state index is 0.199. The Morgan fingerprint density at radius 1 is 1.37 bits per heavy atom. The van der Waals surface area contributed by atoms with E-state index in [4.69, 9.17) is 4.74 Å². The van der Waals surface area contributed by atoms with Crippen LogP contribution in [0.5, 0.6) is 0 Å². The Balaban J connectivity index is 2.50. The highest BCUT2D eigenvalue weighted by molar-refractivity contribution is 9.10. The Morgan fingerprint density at radius 3 is 2.42 bits per heavy atom. The van der Waals surface area contributed by atoms with Crippen LogP contribution in [0, 0.1) is 10.1 Å². The highest BCUT2D eigenvalue weighted by atomic mass is 79.9. The molecule has 0 bridgehead atoms. The lowest BCUT2D eigenvalue weighted by atomic mass is 9.88. The summed E-state index contributed by atoms with van der Waals surface area (Å²) in [7, 11) is 0. The van der Waals surface area contributed by atoms with Gasteiger partial charge in [0.05, 0.1) is 10.5 Å². The molecule has 0 aromatic heterocycles. The van der Waals surface area contributed by atoms with Crippen LogP contribution in [0.15, 0.2) is 40.1 Å². The van der Waals surface area contributed by atoms with Crippen molar-refractivity contribution in [2.45, 2.75) is 26.0 Å². The SMILES string of the molecule is CC(=O)C1=C(C)OC([N+](=O)[O-])C1c1ccc(Br)cc1. The number of nitro groups is 1. The van der Waals surface area contributed by atoms with Gasteiger partial charge in [0.25, 0.3) is 0 Å². The fraction of sp³-hybridized carbons (Fsp3) is 0.308. The molecule has 1 aromatic carbocycles. The number of carbonyl (C=O) groups excluding carboxylic acids is 1. The van der Waals surface area contributed by atoms with E-state index in [-0.39, 0.29) is 5.78 Å². The molecule has 100 valence electrons. The molecule has 0 fully saturated rings. The lowest BCUT2D eigenvalue weighted by Gasteiger charge is -2.14. The largest absolute Gasteiger partial charge is 0.434 e. The van der Waals surface area contributed by atoms with E-state index in [1.165, 1.54) is 6.92 Å². The number of benzene rings is 1. The van der Waals surface area contributed by atoms with Gasteiger partial charge < -0.3 is 4.74 Å². The second-order valence-corrected chi connectivity index (χ2v) is 5.26. The van der Waals surface area contributed by atoms with Crippen LogP contribution in [0.2, 0.25) is 0 Å². The van der Waals surface area contributed by atoms with Gasteiger partial charge >= 0.3 is 6.23 Å². The van der Waals surface area contributed by atoms with E-state index in [1.807, 2.05) is 0 Å². The molecule has 19 heavy (non-hydrogen) atoms. The van der Waals surface area contributed by atoms with Gasteiger partial charge in [-0.1, -0.05) is 28.1 Å². The number of carbonyl (C=O) groups is 1. The molecule has 1 aromatic rings. The molecule has 2 atom stereocenters. The van der Waals surface area contributed by atoms with Gasteiger partial charge in [0.2, 0.25) is 0 Å². The average Bonchev–Trinajstić information content (AvgIpc) is 2.68. The van der Waals surface area contributed by atoms with Crippen LogP contribution in [0.1, 0.15) is 25.3 Å². The summed E-state index contributed by atoms with van der Waals surface area (Å²) in [5, 5.41) is 11.1. The van der Waals surface area contributed by atoms with Gasteiger partial charge in [-0.3, -0.25) is 14.9 Å². The molecule has 2 unspecified atom stereocenters.